The second-order valence-electron chi connectivity index (χ2n) is 7.40. The molecule has 0 aliphatic carbocycles. The zero-order valence-electron chi connectivity index (χ0n) is 15.4. The Hall–Kier alpha value is -0.940. The van der Waals surface area contributed by atoms with Crippen LogP contribution >= 0.6 is 0 Å². The van der Waals surface area contributed by atoms with Crippen LogP contribution in [0.5, 0.6) is 0 Å². The normalized spacial score (nSPS) is 19.3. The van der Waals surface area contributed by atoms with Gasteiger partial charge in [-0.2, -0.15) is 0 Å². The van der Waals surface area contributed by atoms with Gasteiger partial charge in [0.05, 0.1) is 18.8 Å². The van der Waals surface area contributed by atoms with Crippen LogP contribution in [0.2, 0.25) is 0 Å². The number of aliphatic hydroxyl groups is 1. The lowest BCUT2D eigenvalue weighted by Gasteiger charge is -2.27. The van der Waals surface area contributed by atoms with Crippen LogP contribution in [-0.2, 0) is 16.0 Å². The molecular weight excluding hydrogens is 302 g/mol. The number of hydrogen-bond donors (Lipinski definition) is 1. The van der Waals surface area contributed by atoms with Gasteiger partial charge in [0.1, 0.15) is 0 Å². The minimum atomic E-state index is -0.463. The molecule has 1 fully saturated rings. The lowest BCUT2D eigenvalue weighted by Crippen LogP contribution is -2.39. The number of hydrogen-bond acceptors (Lipinski definition) is 4. The molecule has 0 radical (unpaired) electrons. The molecule has 1 heterocycles. The third kappa shape index (κ3) is 7.31. The molecule has 0 bridgehead atoms. The van der Waals surface area contributed by atoms with Gasteiger partial charge in [-0.3, -0.25) is 4.90 Å². The van der Waals surface area contributed by atoms with E-state index < -0.39 is 6.10 Å². The van der Waals surface area contributed by atoms with E-state index in [0.717, 1.165) is 32.5 Å². The van der Waals surface area contributed by atoms with Crippen molar-refractivity contribution in [2.45, 2.75) is 52.4 Å². The van der Waals surface area contributed by atoms with Gasteiger partial charge in [0.2, 0.25) is 0 Å². The molecule has 1 aliphatic heterocycles. The van der Waals surface area contributed by atoms with Crippen LogP contribution in [0.15, 0.2) is 24.3 Å². The third-order valence-electron chi connectivity index (χ3n) is 4.20. The van der Waals surface area contributed by atoms with Gasteiger partial charge in [0, 0.05) is 32.8 Å². The lowest BCUT2D eigenvalue weighted by atomic mass is 10.1. The highest BCUT2D eigenvalue weighted by atomic mass is 16.5. The second-order valence-corrected chi connectivity index (χ2v) is 7.40. The highest BCUT2D eigenvalue weighted by Gasteiger charge is 2.21. The number of rotatable bonds is 10. The molecule has 2 rings (SSSR count). The minimum absolute atomic E-state index is 0.290. The zero-order valence-corrected chi connectivity index (χ0v) is 15.4. The minimum Gasteiger partial charge on any atom is -0.389 e. The predicted octanol–water partition coefficient (Wildman–Crippen LogP) is 3.01. The quantitative estimate of drug-likeness (QED) is 0.714. The lowest BCUT2D eigenvalue weighted by molar-refractivity contribution is -0.00390. The Morgan fingerprint density at radius 3 is 2.83 bits per heavy atom. The van der Waals surface area contributed by atoms with E-state index in [1.165, 1.54) is 11.1 Å². The standard InChI is InChI=1S/C20H33NO3/c1-16(2)14-23-15-19(22)12-21(13-20-8-5-9-24-20)11-18-7-4-6-17(3)10-18/h4,6-7,10,16,19-20,22H,5,8-9,11-15H2,1-3H3/t19-,20+/m1/s1. The Bertz CT molecular complexity index is 472. The van der Waals surface area contributed by atoms with Gasteiger partial charge >= 0.3 is 0 Å². The summed E-state index contributed by atoms with van der Waals surface area (Å²) in [5.41, 5.74) is 2.55. The van der Waals surface area contributed by atoms with E-state index in [2.05, 4.69) is 49.9 Å². The highest BCUT2D eigenvalue weighted by molar-refractivity contribution is 5.22. The molecule has 1 aromatic carbocycles. The molecule has 0 spiro atoms. The fraction of sp³-hybridized carbons (Fsp3) is 0.700. The van der Waals surface area contributed by atoms with E-state index in [9.17, 15) is 5.11 Å². The van der Waals surface area contributed by atoms with Crippen molar-refractivity contribution in [2.75, 3.05) is 32.9 Å². The number of benzene rings is 1. The SMILES string of the molecule is Cc1cccc(CN(C[C@@H](O)COCC(C)C)C[C@@H]2CCCO2)c1. The predicted molar refractivity (Wildman–Crippen MR) is 97.1 cm³/mol. The number of aryl methyl sites for hydroxylation is 1. The summed E-state index contributed by atoms with van der Waals surface area (Å²) in [7, 11) is 0. The van der Waals surface area contributed by atoms with E-state index in [4.69, 9.17) is 9.47 Å². The first-order chi connectivity index (χ1) is 11.5. The molecule has 2 atom stereocenters. The number of aliphatic hydroxyl groups excluding tert-OH is 1. The maximum Gasteiger partial charge on any atom is 0.0900 e. The van der Waals surface area contributed by atoms with Gasteiger partial charge in [-0.1, -0.05) is 43.7 Å². The first kappa shape index (κ1) is 19.4. The summed E-state index contributed by atoms with van der Waals surface area (Å²) in [5, 5.41) is 10.3. The first-order valence-corrected chi connectivity index (χ1v) is 9.18. The van der Waals surface area contributed by atoms with E-state index >= 15 is 0 Å². The Morgan fingerprint density at radius 2 is 2.17 bits per heavy atom. The molecule has 24 heavy (non-hydrogen) atoms. The van der Waals surface area contributed by atoms with Crippen LogP contribution in [0.3, 0.4) is 0 Å². The van der Waals surface area contributed by atoms with Crippen molar-refractivity contribution >= 4 is 0 Å². The van der Waals surface area contributed by atoms with Crippen molar-refractivity contribution in [2.24, 2.45) is 5.92 Å². The monoisotopic (exact) mass is 335 g/mol. The van der Waals surface area contributed by atoms with Crippen LogP contribution in [0.4, 0.5) is 0 Å². The van der Waals surface area contributed by atoms with Crippen LogP contribution in [0.25, 0.3) is 0 Å². The fourth-order valence-corrected chi connectivity index (χ4v) is 3.14. The molecule has 4 heteroatoms. The highest BCUT2D eigenvalue weighted by Crippen LogP contribution is 2.16. The van der Waals surface area contributed by atoms with Crippen molar-refractivity contribution in [1.29, 1.82) is 0 Å². The van der Waals surface area contributed by atoms with Crippen molar-refractivity contribution in [1.82, 2.24) is 4.90 Å². The van der Waals surface area contributed by atoms with Gasteiger partial charge in [-0.05, 0) is 31.2 Å². The summed E-state index contributed by atoms with van der Waals surface area (Å²) in [4.78, 5) is 2.30. The maximum atomic E-state index is 10.3. The molecule has 4 nitrogen and oxygen atoms in total. The molecule has 0 saturated carbocycles. The van der Waals surface area contributed by atoms with E-state index in [-0.39, 0.29) is 0 Å². The molecular formula is C20H33NO3. The molecule has 136 valence electrons. The van der Waals surface area contributed by atoms with Crippen LogP contribution in [0.1, 0.15) is 37.8 Å². The summed E-state index contributed by atoms with van der Waals surface area (Å²) in [6, 6.07) is 8.57. The Labute approximate surface area is 146 Å². The third-order valence-corrected chi connectivity index (χ3v) is 4.20. The summed E-state index contributed by atoms with van der Waals surface area (Å²) >= 11 is 0. The van der Waals surface area contributed by atoms with Gasteiger partial charge < -0.3 is 14.6 Å². The van der Waals surface area contributed by atoms with Gasteiger partial charge in [-0.25, -0.2) is 0 Å². The fourth-order valence-electron chi connectivity index (χ4n) is 3.14. The molecule has 1 N–H and O–H groups in total. The molecule has 1 aliphatic rings. The van der Waals surface area contributed by atoms with Gasteiger partial charge in [0.25, 0.3) is 0 Å². The zero-order chi connectivity index (χ0) is 17.4. The maximum absolute atomic E-state index is 10.3. The Balaban J connectivity index is 1.88. The van der Waals surface area contributed by atoms with E-state index in [1.54, 1.807) is 0 Å². The second kappa shape index (κ2) is 10.1. The van der Waals surface area contributed by atoms with Gasteiger partial charge in [-0.15, -0.1) is 0 Å². The van der Waals surface area contributed by atoms with Crippen LogP contribution < -0.4 is 0 Å². The summed E-state index contributed by atoms with van der Waals surface area (Å²) in [5.74, 6) is 0.493. The van der Waals surface area contributed by atoms with Crippen molar-refractivity contribution in [3.05, 3.63) is 35.4 Å². The van der Waals surface area contributed by atoms with Crippen molar-refractivity contribution in [3.8, 4) is 0 Å². The van der Waals surface area contributed by atoms with E-state index in [0.29, 0.717) is 31.8 Å². The molecule has 0 amide bonds. The number of nitrogens with zero attached hydrogens (tertiary/aromatic N) is 1. The summed E-state index contributed by atoms with van der Waals surface area (Å²) in [6.45, 7) is 10.6. The molecule has 1 aromatic rings. The average Bonchev–Trinajstić information content (AvgIpc) is 2.99. The summed E-state index contributed by atoms with van der Waals surface area (Å²) in [6.07, 6.45) is 2.08. The van der Waals surface area contributed by atoms with Crippen molar-refractivity contribution in [3.63, 3.8) is 0 Å². The van der Waals surface area contributed by atoms with Gasteiger partial charge in [0.15, 0.2) is 0 Å². The van der Waals surface area contributed by atoms with Crippen LogP contribution in [-0.4, -0.2) is 55.1 Å². The molecule has 0 unspecified atom stereocenters. The largest absolute Gasteiger partial charge is 0.389 e. The molecule has 0 aromatic heterocycles. The van der Waals surface area contributed by atoms with E-state index in [1.807, 2.05) is 0 Å². The molecule has 1 saturated heterocycles. The Morgan fingerprint density at radius 1 is 1.33 bits per heavy atom. The van der Waals surface area contributed by atoms with Crippen molar-refractivity contribution < 1.29 is 14.6 Å². The Kier molecular flexibility index (Phi) is 8.19. The topological polar surface area (TPSA) is 41.9 Å². The smallest absolute Gasteiger partial charge is 0.0900 e. The summed E-state index contributed by atoms with van der Waals surface area (Å²) < 4.78 is 11.4. The average molecular weight is 335 g/mol. The van der Waals surface area contributed by atoms with Crippen LogP contribution in [0, 0.1) is 12.8 Å². The first-order valence-electron chi connectivity index (χ1n) is 9.18. The number of ether oxygens (including phenoxy) is 2.